The Morgan fingerprint density at radius 2 is 1.61 bits per heavy atom. The molecule has 0 fully saturated rings. The molecule has 0 radical (unpaired) electrons. The van der Waals surface area contributed by atoms with Gasteiger partial charge in [0.25, 0.3) is 0 Å². The Bertz CT molecular complexity index is 948. The fraction of sp³-hybridized carbons (Fsp3) is 0.182. The van der Waals surface area contributed by atoms with Crippen molar-refractivity contribution in [2.24, 2.45) is 0 Å². The molecule has 1 heterocycles. The van der Waals surface area contributed by atoms with Crippen LogP contribution < -0.4 is 0 Å². The minimum absolute atomic E-state index is 1.14. The summed E-state index contributed by atoms with van der Waals surface area (Å²) in [4.78, 5) is 3.60. The summed E-state index contributed by atoms with van der Waals surface area (Å²) >= 11 is 0. The molecule has 0 saturated carbocycles. The van der Waals surface area contributed by atoms with Gasteiger partial charge >= 0.3 is 0 Å². The molecule has 1 aromatic heterocycles. The van der Waals surface area contributed by atoms with Crippen LogP contribution in [0.5, 0.6) is 0 Å². The van der Waals surface area contributed by atoms with Gasteiger partial charge in [-0.25, -0.2) is 0 Å². The van der Waals surface area contributed by atoms with E-state index >= 15 is 0 Å². The highest BCUT2D eigenvalue weighted by Gasteiger charge is 2.11. The molecule has 23 heavy (non-hydrogen) atoms. The number of H-pyrrole nitrogens is 1. The summed E-state index contributed by atoms with van der Waals surface area (Å²) in [6, 6.07) is 24.0. The van der Waals surface area contributed by atoms with Crippen LogP contribution in [0.3, 0.4) is 0 Å². The highest BCUT2D eigenvalue weighted by Crippen LogP contribution is 2.35. The van der Waals surface area contributed by atoms with Gasteiger partial charge < -0.3 is 4.98 Å². The second kappa shape index (κ2) is 5.92. The summed E-state index contributed by atoms with van der Waals surface area (Å²) in [5, 5.41) is 2.65. The van der Waals surface area contributed by atoms with Gasteiger partial charge in [-0.1, -0.05) is 67.9 Å². The number of benzene rings is 3. The number of aromatic amines is 1. The van der Waals surface area contributed by atoms with Gasteiger partial charge in [-0.3, -0.25) is 0 Å². The third kappa shape index (κ3) is 2.53. The van der Waals surface area contributed by atoms with E-state index in [-0.39, 0.29) is 0 Å². The van der Waals surface area contributed by atoms with Crippen LogP contribution in [0.2, 0.25) is 0 Å². The molecule has 1 nitrogen and oxygen atoms in total. The SMILES string of the molecule is CCCCc1cc(-c2ccccc2)c2c(c1)[nH]c1ccccc12. The Balaban J connectivity index is 2.03. The highest BCUT2D eigenvalue weighted by atomic mass is 14.7. The predicted molar refractivity (Wildman–Crippen MR) is 99.9 cm³/mol. The van der Waals surface area contributed by atoms with Gasteiger partial charge in [-0.2, -0.15) is 0 Å². The molecular weight excluding hydrogens is 278 g/mol. The van der Waals surface area contributed by atoms with Gasteiger partial charge in [0, 0.05) is 21.8 Å². The number of hydrogen-bond donors (Lipinski definition) is 1. The third-order valence-electron chi connectivity index (χ3n) is 4.57. The summed E-state index contributed by atoms with van der Waals surface area (Å²) < 4.78 is 0. The first-order valence-corrected chi connectivity index (χ1v) is 8.45. The molecule has 0 aliphatic heterocycles. The summed E-state index contributed by atoms with van der Waals surface area (Å²) in [6.07, 6.45) is 3.60. The standard InChI is InChI=1S/C22H21N/c1-2-3-9-16-14-19(17-10-5-4-6-11-17)22-18-12-7-8-13-20(18)23-21(22)15-16/h4-8,10-15,23H,2-3,9H2,1H3. The maximum atomic E-state index is 3.60. The summed E-state index contributed by atoms with van der Waals surface area (Å²) in [6.45, 7) is 2.25. The van der Waals surface area contributed by atoms with Crippen molar-refractivity contribution < 1.29 is 0 Å². The molecule has 114 valence electrons. The molecule has 3 aromatic carbocycles. The minimum atomic E-state index is 1.14. The molecule has 0 aliphatic carbocycles. The monoisotopic (exact) mass is 299 g/mol. The number of nitrogens with one attached hydrogen (secondary N) is 1. The Kier molecular flexibility index (Phi) is 3.63. The molecule has 4 aromatic rings. The molecule has 1 N–H and O–H groups in total. The van der Waals surface area contributed by atoms with E-state index in [1.165, 1.54) is 51.3 Å². The largest absolute Gasteiger partial charge is 0.354 e. The van der Waals surface area contributed by atoms with Crippen LogP contribution in [0.15, 0.2) is 66.7 Å². The Hall–Kier alpha value is -2.54. The first-order chi connectivity index (χ1) is 11.4. The number of unbranched alkanes of at least 4 members (excludes halogenated alkanes) is 1. The Labute approximate surface area is 137 Å². The third-order valence-corrected chi connectivity index (χ3v) is 4.57. The average molecular weight is 299 g/mol. The van der Waals surface area contributed by atoms with Crippen molar-refractivity contribution in [3.05, 3.63) is 72.3 Å². The van der Waals surface area contributed by atoms with E-state index < -0.39 is 0 Å². The summed E-state index contributed by atoms with van der Waals surface area (Å²) in [5.74, 6) is 0. The van der Waals surface area contributed by atoms with Gasteiger partial charge in [0.2, 0.25) is 0 Å². The molecule has 0 amide bonds. The second-order valence-corrected chi connectivity index (χ2v) is 6.21. The van der Waals surface area contributed by atoms with Crippen LogP contribution in [0, 0.1) is 0 Å². The van der Waals surface area contributed by atoms with E-state index in [1.54, 1.807) is 0 Å². The second-order valence-electron chi connectivity index (χ2n) is 6.21. The van der Waals surface area contributed by atoms with E-state index in [2.05, 4.69) is 78.6 Å². The van der Waals surface area contributed by atoms with E-state index in [1.807, 2.05) is 0 Å². The van der Waals surface area contributed by atoms with Gasteiger partial charge in [0.15, 0.2) is 0 Å². The van der Waals surface area contributed by atoms with E-state index in [0.29, 0.717) is 0 Å². The van der Waals surface area contributed by atoms with Gasteiger partial charge in [0.1, 0.15) is 0 Å². The fourth-order valence-electron chi connectivity index (χ4n) is 3.42. The molecule has 1 heteroatoms. The lowest BCUT2D eigenvalue weighted by Crippen LogP contribution is -1.88. The molecule has 0 saturated heterocycles. The predicted octanol–water partition coefficient (Wildman–Crippen LogP) is 6.33. The van der Waals surface area contributed by atoms with Gasteiger partial charge in [-0.15, -0.1) is 0 Å². The Morgan fingerprint density at radius 1 is 0.826 bits per heavy atom. The number of aryl methyl sites for hydroxylation is 1. The maximum Gasteiger partial charge on any atom is 0.0473 e. The number of hydrogen-bond acceptors (Lipinski definition) is 0. The molecule has 0 unspecified atom stereocenters. The zero-order valence-corrected chi connectivity index (χ0v) is 13.5. The van der Waals surface area contributed by atoms with Crippen LogP contribution in [-0.4, -0.2) is 4.98 Å². The van der Waals surface area contributed by atoms with Crippen molar-refractivity contribution in [3.63, 3.8) is 0 Å². The zero-order chi connectivity index (χ0) is 15.6. The van der Waals surface area contributed by atoms with Crippen molar-refractivity contribution >= 4 is 21.8 Å². The van der Waals surface area contributed by atoms with E-state index in [9.17, 15) is 0 Å². The smallest absolute Gasteiger partial charge is 0.0473 e. The average Bonchev–Trinajstić information content (AvgIpc) is 2.98. The lowest BCUT2D eigenvalue weighted by Gasteiger charge is -2.09. The van der Waals surface area contributed by atoms with Crippen LogP contribution in [0.25, 0.3) is 32.9 Å². The minimum Gasteiger partial charge on any atom is -0.354 e. The van der Waals surface area contributed by atoms with Crippen LogP contribution in [0.4, 0.5) is 0 Å². The Morgan fingerprint density at radius 3 is 2.43 bits per heavy atom. The van der Waals surface area contributed by atoms with Crippen LogP contribution in [-0.2, 0) is 6.42 Å². The molecule has 0 bridgehead atoms. The lowest BCUT2D eigenvalue weighted by molar-refractivity contribution is 0.796. The van der Waals surface area contributed by atoms with E-state index in [0.717, 1.165) is 6.42 Å². The molecule has 0 atom stereocenters. The van der Waals surface area contributed by atoms with Gasteiger partial charge in [0.05, 0.1) is 0 Å². The summed E-state index contributed by atoms with van der Waals surface area (Å²) in [7, 11) is 0. The van der Waals surface area contributed by atoms with Gasteiger partial charge in [-0.05, 0) is 41.7 Å². The van der Waals surface area contributed by atoms with Crippen molar-refractivity contribution in [1.29, 1.82) is 0 Å². The number of rotatable bonds is 4. The van der Waals surface area contributed by atoms with Crippen molar-refractivity contribution in [1.82, 2.24) is 4.98 Å². The lowest BCUT2D eigenvalue weighted by atomic mass is 9.95. The van der Waals surface area contributed by atoms with Crippen LogP contribution >= 0.6 is 0 Å². The molecule has 0 spiro atoms. The quantitative estimate of drug-likeness (QED) is 0.453. The normalized spacial score (nSPS) is 11.3. The van der Waals surface area contributed by atoms with E-state index in [4.69, 9.17) is 0 Å². The van der Waals surface area contributed by atoms with Crippen molar-refractivity contribution in [2.45, 2.75) is 26.2 Å². The molecular formula is C22H21N. The van der Waals surface area contributed by atoms with Crippen LogP contribution in [0.1, 0.15) is 25.3 Å². The number of para-hydroxylation sites is 1. The summed E-state index contributed by atoms with van der Waals surface area (Å²) in [5.41, 5.74) is 6.52. The van der Waals surface area contributed by atoms with Crippen molar-refractivity contribution in [2.75, 3.05) is 0 Å². The highest BCUT2D eigenvalue weighted by molar-refractivity contribution is 6.14. The number of aromatic nitrogens is 1. The maximum absolute atomic E-state index is 3.60. The molecule has 0 aliphatic rings. The number of fused-ring (bicyclic) bond motifs is 3. The topological polar surface area (TPSA) is 15.8 Å². The molecule has 4 rings (SSSR count). The fourth-order valence-corrected chi connectivity index (χ4v) is 3.42. The first kappa shape index (κ1) is 14.1. The van der Waals surface area contributed by atoms with Crippen molar-refractivity contribution in [3.8, 4) is 11.1 Å². The first-order valence-electron chi connectivity index (χ1n) is 8.45. The zero-order valence-electron chi connectivity index (χ0n) is 13.5.